The van der Waals surface area contributed by atoms with Gasteiger partial charge in [-0.1, -0.05) is 30.9 Å². The van der Waals surface area contributed by atoms with Crippen molar-refractivity contribution in [3.63, 3.8) is 0 Å². The molecule has 142 valence electrons. The Kier molecular flexibility index (Phi) is 5.12. The fourth-order valence-corrected chi connectivity index (χ4v) is 3.94. The first-order valence-electron chi connectivity index (χ1n) is 9.36. The molecule has 1 aromatic carbocycles. The molecule has 1 aliphatic carbocycles. The van der Waals surface area contributed by atoms with Crippen molar-refractivity contribution < 1.29 is 9.47 Å². The fraction of sp³-hybridized carbons (Fsp3) is 0.381. The minimum atomic E-state index is 0.438. The maximum atomic E-state index is 6.27. The smallest absolute Gasteiger partial charge is 0.139 e. The summed E-state index contributed by atoms with van der Waals surface area (Å²) in [5, 5.41) is 4.41. The zero-order valence-electron chi connectivity index (χ0n) is 15.7. The van der Waals surface area contributed by atoms with Crippen LogP contribution in [0, 0.1) is 0 Å². The Labute approximate surface area is 164 Å². The van der Waals surface area contributed by atoms with Gasteiger partial charge in [0.05, 0.1) is 19.2 Å². The third kappa shape index (κ3) is 3.56. The van der Waals surface area contributed by atoms with E-state index in [1.54, 1.807) is 14.2 Å². The van der Waals surface area contributed by atoms with E-state index in [1.807, 2.05) is 40.9 Å². The number of hydrogen-bond donors (Lipinski definition) is 1. The second kappa shape index (κ2) is 7.69. The third-order valence-corrected chi connectivity index (χ3v) is 5.41. The van der Waals surface area contributed by atoms with E-state index in [1.165, 1.54) is 32.1 Å². The number of nitrogens with zero attached hydrogens (tertiary/aromatic N) is 2. The largest absolute Gasteiger partial charge is 0.497 e. The zero-order chi connectivity index (χ0) is 18.8. The number of anilines is 1. The average Bonchev–Trinajstić information content (AvgIpc) is 3.05. The highest BCUT2D eigenvalue weighted by molar-refractivity contribution is 6.30. The highest BCUT2D eigenvalue weighted by Gasteiger charge is 2.22. The molecule has 27 heavy (non-hydrogen) atoms. The van der Waals surface area contributed by atoms with Gasteiger partial charge in [0.1, 0.15) is 28.7 Å². The number of imidazole rings is 1. The van der Waals surface area contributed by atoms with Crippen LogP contribution >= 0.6 is 11.6 Å². The van der Waals surface area contributed by atoms with Crippen molar-refractivity contribution in [2.24, 2.45) is 0 Å². The van der Waals surface area contributed by atoms with E-state index in [0.717, 1.165) is 34.2 Å². The summed E-state index contributed by atoms with van der Waals surface area (Å²) in [6, 6.07) is 10.0. The Morgan fingerprint density at radius 1 is 1.07 bits per heavy atom. The highest BCUT2D eigenvalue weighted by atomic mass is 35.5. The Bertz CT molecular complexity index is 948. The number of hydrogen-bond acceptors (Lipinski definition) is 4. The molecule has 1 aliphatic rings. The van der Waals surface area contributed by atoms with Gasteiger partial charge in [0, 0.05) is 17.8 Å². The molecule has 1 N–H and O–H groups in total. The minimum Gasteiger partial charge on any atom is -0.497 e. The Morgan fingerprint density at radius 3 is 2.63 bits per heavy atom. The molecule has 0 amide bonds. The number of ether oxygens (including phenoxy) is 2. The van der Waals surface area contributed by atoms with E-state index in [9.17, 15) is 0 Å². The molecule has 0 radical (unpaired) electrons. The fourth-order valence-electron chi connectivity index (χ4n) is 3.78. The molecule has 2 aromatic heterocycles. The van der Waals surface area contributed by atoms with Crippen molar-refractivity contribution in [1.82, 2.24) is 9.38 Å². The van der Waals surface area contributed by atoms with Gasteiger partial charge < -0.3 is 14.8 Å². The molecular formula is C21H24ClN3O2. The number of benzene rings is 1. The van der Waals surface area contributed by atoms with Gasteiger partial charge in [0.25, 0.3) is 0 Å². The van der Waals surface area contributed by atoms with Crippen LogP contribution in [0.1, 0.15) is 32.1 Å². The number of aromatic nitrogens is 2. The summed E-state index contributed by atoms with van der Waals surface area (Å²) in [6.07, 6.45) is 8.07. The molecule has 0 saturated heterocycles. The number of rotatable bonds is 5. The number of pyridine rings is 1. The standard InChI is InChI=1S/C21H24ClN3O2/c1-26-16-9-10-18(27-2)17(12-16)20-21(23-15-6-4-3-5-7-15)25-13-14(22)8-11-19(25)24-20/h8-13,15,23H,3-7H2,1-2H3. The summed E-state index contributed by atoms with van der Waals surface area (Å²) in [7, 11) is 3.34. The monoisotopic (exact) mass is 385 g/mol. The lowest BCUT2D eigenvalue weighted by Crippen LogP contribution is -2.23. The normalized spacial score (nSPS) is 15.1. The van der Waals surface area contributed by atoms with Gasteiger partial charge in [-0.3, -0.25) is 4.40 Å². The van der Waals surface area contributed by atoms with Gasteiger partial charge in [-0.2, -0.15) is 0 Å². The second-order valence-corrected chi connectivity index (χ2v) is 7.37. The first-order chi connectivity index (χ1) is 13.2. The van der Waals surface area contributed by atoms with E-state index >= 15 is 0 Å². The lowest BCUT2D eigenvalue weighted by atomic mass is 9.95. The summed E-state index contributed by atoms with van der Waals surface area (Å²) in [5.74, 6) is 2.48. The molecular weight excluding hydrogens is 362 g/mol. The Morgan fingerprint density at radius 2 is 1.89 bits per heavy atom. The van der Waals surface area contributed by atoms with E-state index in [2.05, 4.69) is 5.32 Å². The summed E-state index contributed by atoms with van der Waals surface area (Å²) in [5.41, 5.74) is 2.59. The van der Waals surface area contributed by atoms with Crippen molar-refractivity contribution in [3.05, 3.63) is 41.6 Å². The number of methoxy groups -OCH3 is 2. The SMILES string of the molecule is COc1ccc(OC)c(-c2nc3ccc(Cl)cn3c2NC2CCCCC2)c1. The van der Waals surface area contributed by atoms with Gasteiger partial charge in [-0.25, -0.2) is 4.98 Å². The minimum absolute atomic E-state index is 0.438. The number of halogens is 1. The lowest BCUT2D eigenvalue weighted by Gasteiger charge is -2.24. The maximum absolute atomic E-state index is 6.27. The van der Waals surface area contributed by atoms with E-state index < -0.39 is 0 Å². The molecule has 0 bridgehead atoms. The van der Waals surface area contributed by atoms with Gasteiger partial charge in [-0.05, 0) is 43.2 Å². The molecule has 0 unspecified atom stereocenters. The second-order valence-electron chi connectivity index (χ2n) is 6.93. The van der Waals surface area contributed by atoms with Crippen LogP contribution in [0.5, 0.6) is 11.5 Å². The predicted octanol–water partition coefficient (Wildman–Crippen LogP) is 5.42. The van der Waals surface area contributed by atoms with Crippen molar-refractivity contribution in [2.45, 2.75) is 38.1 Å². The van der Waals surface area contributed by atoms with E-state index in [0.29, 0.717) is 11.1 Å². The quantitative estimate of drug-likeness (QED) is 0.637. The van der Waals surface area contributed by atoms with Crippen LogP contribution in [0.3, 0.4) is 0 Å². The van der Waals surface area contributed by atoms with E-state index in [4.69, 9.17) is 26.1 Å². The molecule has 5 nitrogen and oxygen atoms in total. The zero-order valence-corrected chi connectivity index (χ0v) is 16.4. The van der Waals surface area contributed by atoms with Crippen LogP contribution in [0.4, 0.5) is 5.82 Å². The Hall–Kier alpha value is -2.40. The first kappa shape index (κ1) is 18.0. The van der Waals surface area contributed by atoms with Gasteiger partial charge >= 0.3 is 0 Å². The van der Waals surface area contributed by atoms with Crippen LogP contribution in [-0.4, -0.2) is 29.6 Å². The topological polar surface area (TPSA) is 47.8 Å². The maximum Gasteiger partial charge on any atom is 0.139 e. The van der Waals surface area contributed by atoms with Crippen molar-refractivity contribution in [1.29, 1.82) is 0 Å². The van der Waals surface area contributed by atoms with Crippen LogP contribution in [-0.2, 0) is 0 Å². The summed E-state index contributed by atoms with van der Waals surface area (Å²) >= 11 is 6.27. The average molecular weight is 386 g/mol. The molecule has 0 spiro atoms. The Balaban J connectivity index is 1.88. The van der Waals surface area contributed by atoms with Crippen LogP contribution in [0.2, 0.25) is 5.02 Å². The summed E-state index contributed by atoms with van der Waals surface area (Å²) in [6.45, 7) is 0. The molecule has 1 saturated carbocycles. The van der Waals surface area contributed by atoms with Gasteiger partial charge in [0.15, 0.2) is 0 Å². The van der Waals surface area contributed by atoms with Gasteiger partial charge in [-0.15, -0.1) is 0 Å². The lowest BCUT2D eigenvalue weighted by molar-refractivity contribution is 0.404. The number of nitrogens with one attached hydrogen (secondary N) is 1. The van der Waals surface area contributed by atoms with E-state index in [-0.39, 0.29) is 0 Å². The summed E-state index contributed by atoms with van der Waals surface area (Å²) < 4.78 is 13.1. The van der Waals surface area contributed by atoms with Crippen LogP contribution in [0.15, 0.2) is 36.5 Å². The van der Waals surface area contributed by atoms with Crippen molar-refractivity contribution in [3.8, 4) is 22.8 Å². The molecule has 6 heteroatoms. The van der Waals surface area contributed by atoms with Crippen molar-refractivity contribution >= 4 is 23.1 Å². The van der Waals surface area contributed by atoms with Crippen molar-refractivity contribution in [2.75, 3.05) is 19.5 Å². The predicted molar refractivity (Wildman–Crippen MR) is 109 cm³/mol. The molecule has 0 atom stereocenters. The highest BCUT2D eigenvalue weighted by Crippen LogP contribution is 2.38. The summed E-state index contributed by atoms with van der Waals surface area (Å²) in [4.78, 5) is 4.88. The number of fused-ring (bicyclic) bond motifs is 1. The first-order valence-corrected chi connectivity index (χ1v) is 9.74. The van der Waals surface area contributed by atoms with Crippen LogP contribution in [0.25, 0.3) is 16.9 Å². The molecule has 2 heterocycles. The molecule has 0 aliphatic heterocycles. The molecule has 1 fully saturated rings. The molecule has 4 rings (SSSR count). The van der Waals surface area contributed by atoms with Crippen LogP contribution < -0.4 is 14.8 Å². The third-order valence-electron chi connectivity index (χ3n) is 5.19. The van der Waals surface area contributed by atoms with Gasteiger partial charge in [0.2, 0.25) is 0 Å². The molecule has 3 aromatic rings.